The number of rotatable bonds is 12. The van der Waals surface area contributed by atoms with E-state index in [2.05, 4.69) is 12.2 Å². The summed E-state index contributed by atoms with van der Waals surface area (Å²) in [5, 5.41) is 2.84. The van der Waals surface area contributed by atoms with E-state index in [1.54, 1.807) is 24.3 Å². The molecule has 0 aliphatic heterocycles. The fourth-order valence-electron chi connectivity index (χ4n) is 2.54. The van der Waals surface area contributed by atoms with E-state index in [0.29, 0.717) is 17.7 Å². The van der Waals surface area contributed by atoms with Gasteiger partial charge >= 0.3 is 0 Å². The summed E-state index contributed by atoms with van der Waals surface area (Å²) in [7, 11) is 0. The van der Waals surface area contributed by atoms with Gasteiger partial charge in [0.15, 0.2) is 0 Å². The van der Waals surface area contributed by atoms with Gasteiger partial charge in [0.05, 0.1) is 0 Å². The first kappa shape index (κ1) is 19.2. The first-order chi connectivity index (χ1) is 11.1. The van der Waals surface area contributed by atoms with Crippen LogP contribution in [0, 0.1) is 0 Å². The normalized spacial score (nSPS) is 10.5. The number of anilines is 1. The van der Waals surface area contributed by atoms with Gasteiger partial charge in [-0.1, -0.05) is 58.3 Å². The summed E-state index contributed by atoms with van der Waals surface area (Å²) >= 11 is 0. The minimum atomic E-state index is -0.461. The van der Waals surface area contributed by atoms with Crippen molar-refractivity contribution in [2.45, 2.75) is 71.1 Å². The fourth-order valence-corrected chi connectivity index (χ4v) is 2.54. The second kappa shape index (κ2) is 11.7. The first-order valence-corrected chi connectivity index (χ1v) is 8.83. The number of benzene rings is 1. The van der Waals surface area contributed by atoms with E-state index in [-0.39, 0.29) is 5.91 Å². The molecule has 0 aromatic heterocycles. The van der Waals surface area contributed by atoms with Crippen LogP contribution in [-0.4, -0.2) is 11.8 Å². The molecule has 4 nitrogen and oxygen atoms in total. The largest absolute Gasteiger partial charge is 0.366 e. The summed E-state index contributed by atoms with van der Waals surface area (Å²) in [6.45, 7) is 2.23. The van der Waals surface area contributed by atoms with E-state index in [9.17, 15) is 9.59 Å². The topological polar surface area (TPSA) is 72.2 Å². The van der Waals surface area contributed by atoms with Crippen LogP contribution in [0.2, 0.25) is 0 Å². The molecule has 23 heavy (non-hydrogen) atoms. The molecule has 128 valence electrons. The fraction of sp³-hybridized carbons (Fsp3) is 0.579. The van der Waals surface area contributed by atoms with Gasteiger partial charge in [0.25, 0.3) is 0 Å². The molecule has 1 aromatic carbocycles. The molecule has 2 amide bonds. The minimum Gasteiger partial charge on any atom is -0.366 e. The van der Waals surface area contributed by atoms with E-state index in [1.165, 1.54) is 44.9 Å². The highest BCUT2D eigenvalue weighted by Crippen LogP contribution is 2.12. The lowest BCUT2D eigenvalue weighted by Crippen LogP contribution is -2.13. The van der Waals surface area contributed by atoms with Gasteiger partial charge in [0.1, 0.15) is 0 Å². The molecular formula is C19H30N2O2. The van der Waals surface area contributed by atoms with Crippen LogP contribution in [0.5, 0.6) is 0 Å². The summed E-state index contributed by atoms with van der Waals surface area (Å²) in [6.07, 6.45) is 11.7. The zero-order valence-corrected chi connectivity index (χ0v) is 14.3. The number of nitrogens with one attached hydrogen (secondary N) is 1. The van der Waals surface area contributed by atoms with Gasteiger partial charge in [-0.05, 0) is 30.7 Å². The van der Waals surface area contributed by atoms with E-state index < -0.39 is 5.91 Å². The van der Waals surface area contributed by atoms with Gasteiger partial charge in [-0.15, -0.1) is 0 Å². The van der Waals surface area contributed by atoms with Crippen LogP contribution in [0.25, 0.3) is 0 Å². The van der Waals surface area contributed by atoms with Crippen molar-refractivity contribution in [2.24, 2.45) is 5.73 Å². The predicted molar refractivity (Wildman–Crippen MR) is 95.4 cm³/mol. The molecule has 1 aromatic rings. The Bertz CT molecular complexity index is 469. The average Bonchev–Trinajstić information content (AvgIpc) is 2.54. The van der Waals surface area contributed by atoms with Gasteiger partial charge in [0, 0.05) is 17.7 Å². The minimum absolute atomic E-state index is 0.0276. The van der Waals surface area contributed by atoms with Crippen LogP contribution in [0.1, 0.15) is 81.5 Å². The van der Waals surface area contributed by atoms with Crippen molar-refractivity contribution in [3.63, 3.8) is 0 Å². The number of unbranched alkanes of at least 4 members (excludes halogenated alkanes) is 8. The van der Waals surface area contributed by atoms with E-state index in [0.717, 1.165) is 12.8 Å². The lowest BCUT2D eigenvalue weighted by atomic mass is 10.1. The number of carbonyl (C=O) groups is 2. The van der Waals surface area contributed by atoms with Crippen molar-refractivity contribution < 1.29 is 9.59 Å². The Kier molecular flexibility index (Phi) is 9.76. The molecule has 3 N–H and O–H groups in total. The molecule has 0 aliphatic carbocycles. The summed E-state index contributed by atoms with van der Waals surface area (Å²) in [5.41, 5.74) is 6.33. The Morgan fingerprint density at radius 2 is 1.39 bits per heavy atom. The monoisotopic (exact) mass is 318 g/mol. The van der Waals surface area contributed by atoms with Crippen molar-refractivity contribution in [1.82, 2.24) is 0 Å². The molecule has 0 unspecified atom stereocenters. The van der Waals surface area contributed by atoms with Crippen LogP contribution in [0.15, 0.2) is 24.3 Å². The molecule has 0 aliphatic rings. The smallest absolute Gasteiger partial charge is 0.248 e. The van der Waals surface area contributed by atoms with Gasteiger partial charge in [-0.3, -0.25) is 9.59 Å². The zero-order valence-electron chi connectivity index (χ0n) is 14.3. The van der Waals surface area contributed by atoms with Crippen LogP contribution < -0.4 is 11.1 Å². The number of hydrogen-bond acceptors (Lipinski definition) is 2. The van der Waals surface area contributed by atoms with Gasteiger partial charge < -0.3 is 11.1 Å². The SMILES string of the molecule is CCCCCCCCCCCC(=O)Nc1ccc(C(N)=O)cc1. The Hall–Kier alpha value is -1.84. The lowest BCUT2D eigenvalue weighted by Gasteiger charge is -2.06. The standard InChI is InChI=1S/C19H30N2O2/c1-2-3-4-5-6-7-8-9-10-11-18(22)21-17-14-12-16(13-15-17)19(20)23/h12-15H,2-11H2,1H3,(H2,20,23)(H,21,22). The third-order valence-corrected chi connectivity index (χ3v) is 3.96. The molecule has 0 fully saturated rings. The Morgan fingerprint density at radius 3 is 1.91 bits per heavy atom. The van der Waals surface area contributed by atoms with Crippen LogP contribution in [0.4, 0.5) is 5.69 Å². The molecule has 0 spiro atoms. The Balaban J connectivity index is 2.07. The maximum Gasteiger partial charge on any atom is 0.248 e. The van der Waals surface area contributed by atoms with Crippen molar-refractivity contribution in [1.29, 1.82) is 0 Å². The Morgan fingerprint density at radius 1 is 0.870 bits per heavy atom. The highest BCUT2D eigenvalue weighted by Gasteiger charge is 2.04. The Labute approximate surface area is 139 Å². The maximum atomic E-state index is 11.8. The van der Waals surface area contributed by atoms with E-state index >= 15 is 0 Å². The summed E-state index contributed by atoms with van der Waals surface area (Å²) < 4.78 is 0. The second-order valence-corrected chi connectivity index (χ2v) is 6.07. The number of primary amides is 1. The maximum absolute atomic E-state index is 11.8. The van der Waals surface area contributed by atoms with E-state index in [4.69, 9.17) is 5.73 Å². The molecule has 0 radical (unpaired) electrons. The molecule has 1 rings (SSSR count). The van der Waals surface area contributed by atoms with Crippen molar-refractivity contribution >= 4 is 17.5 Å². The van der Waals surface area contributed by atoms with Crippen molar-refractivity contribution in [3.8, 4) is 0 Å². The third kappa shape index (κ3) is 9.01. The number of hydrogen-bond donors (Lipinski definition) is 2. The molecule has 4 heteroatoms. The number of nitrogens with two attached hydrogens (primary N) is 1. The quantitative estimate of drug-likeness (QED) is 0.551. The molecule has 0 atom stereocenters. The molecule has 0 bridgehead atoms. The summed E-state index contributed by atoms with van der Waals surface area (Å²) in [4.78, 5) is 22.8. The highest BCUT2D eigenvalue weighted by atomic mass is 16.1. The molecule has 0 heterocycles. The lowest BCUT2D eigenvalue weighted by molar-refractivity contribution is -0.116. The van der Waals surface area contributed by atoms with Crippen molar-refractivity contribution in [2.75, 3.05) is 5.32 Å². The zero-order chi connectivity index (χ0) is 16.9. The van der Waals surface area contributed by atoms with Gasteiger partial charge in [-0.25, -0.2) is 0 Å². The van der Waals surface area contributed by atoms with Gasteiger partial charge in [-0.2, -0.15) is 0 Å². The molecular weight excluding hydrogens is 288 g/mol. The highest BCUT2D eigenvalue weighted by molar-refractivity contribution is 5.94. The first-order valence-electron chi connectivity index (χ1n) is 8.83. The summed E-state index contributed by atoms with van der Waals surface area (Å²) in [6, 6.07) is 6.65. The second-order valence-electron chi connectivity index (χ2n) is 6.07. The average molecular weight is 318 g/mol. The molecule has 0 saturated heterocycles. The number of carbonyl (C=O) groups excluding carboxylic acids is 2. The van der Waals surface area contributed by atoms with Gasteiger partial charge in [0.2, 0.25) is 11.8 Å². The molecule has 0 saturated carbocycles. The number of amides is 2. The third-order valence-electron chi connectivity index (χ3n) is 3.96. The summed E-state index contributed by atoms with van der Waals surface area (Å²) in [5.74, 6) is -0.433. The predicted octanol–water partition coefficient (Wildman–Crippen LogP) is 4.64. The van der Waals surface area contributed by atoms with E-state index in [1.807, 2.05) is 0 Å². The van der Waals surface area contributed by atoms with Crippen LogP contribution in [-0.2, 0) is 4.79 Å². The van der Waals surface area contributed by atoms with Crippen LogP contribution >= 0.6 is 0 Å². The van der Waals surface area contributed by atoms with Crippen molar-refractivity contribution in [3.05, 3.63) is 29.8 Å². The van der Waals surface area contributed by atoms with Crippen LogP contribution in [0.3, 0.4) is 0 Å².